The third kappa shape index (κ3) is 6.54. The van der Waals surface area contributed by atoms with Crippen LogP contribution in [0.25, 0.3) is 0 Å². The van der Waals surface area contributed by atoms with E-state index < -0.39 is 62.5 Å². The van der Waals surface area contributed by atoms with Gasteiger partial charge in [-0.05, 0) is 83.6 Å². The van der Waals surface area contributed by atoms with Crippen LogP contribution in [0.1, 0.15) is 51.6 Å². The number of halogens is 10. The fourth-order valence-corrected chi connectivity index (χ4v) is 4.66. The predicted molar refractivity (Wildman–Crippen MR) is 142 cm³/mol. The third-order valence-corrected chi connectivity index (χ3v) is 7.43. The van der Waals surface area contributed by atoms with Crippen LogP contribution in [-0.4, -0.2) is 29.5 Å². The molecule has 1 atom stereocenters. The Morgan fingerprint density at radius 2 is 1.74 bits per heavy atom. The molecule has 1 heterocycles. The number of pyridine rings is 1. The second-order valence-corrected chi connectivity index (χ2v) is 10.9. The number of carbonyl (C=O) groups excluding carboxylic acids is 2. The molecule has 5 nitrogen and oxygen atoms in total. The van der Waals surface area contributed by atoms with Crippen molar-refractivity contribution in [2.45, 2.75) is 37.8 Å². The van der Waals surface area contributed by atoms with Crippen LogP contribution in [0, 0.1) is 11.7 Å². The Balaban J connectivity index is 1.73. The van der Waals surface area contributed by atoms with Crippen molar-refractivity contribution in [1.82, 2.24) is 4.98 Å². The predicted octanol–water partition coefficient (Wildman–Crippen LogP) is 8.71. The molecular formula is C27H19BrClF8N3O2. The molecule has 42 heavy (non-hydrogen) atoms. The monoisotopic (exact) mass is 683 g/mol. The molecule has 1 aliphatic carbocycles. The Bertz CT molecular complexity index is 1520. The Kier molecular flexibility index (Phi) is 8.62. The smallest absolute Gasteiger partial charge is 0.320 e. The Morgan fingerprint density at radius 1 is 1.07 bits per heavy atom. The number of hydrogen-bond acceptors (Lipinski definition) is 3. The number of nitrogens with one attached hydrogen (secondary N) is 1. The van der Waals surface area contributed by atoms with E-state index in [-0.39, 0.29) is 41.9 Å². The third-order valence-electron chi connectivity index (χ3n) is 6.58. The number of amides is 2. The molecule has 224 valence electrons. The van der Waals surface area contributed by atoms with Crippen molar-refractivity contribution in [3.63, 3.8) is 0 Å². The summed E-state index contributed by atoms with van der Waals surface area (Å²) in [6, 6.07) is 6.47. The molecule has 2 amide bonds. The van der Waals surface area contributed by atoms with Crippen LogP contribution >= 0.6 is 27.5 Å². The summed E-state index contributed by atoms with van der Waals surface area (Å²) in [6.45, 7) is 0.138. The van der Waals surface area contributed by atoms with E-state index in [1.54, 1.807) is 0 Å². The number of aromatic nitrogens is 1. The van der Waals surface area contributed by atoms with Crippen molar-refractivity contribution in [3.05, 3.63) is 86.4 Å². The summed E-state index contributed by atoms with van der Waals surface area (Å²) in [5, 5.41) is 1.98. The lowest BCUT2D eigenvalue weighted by atomic mass is 9.94. The van der Waals surface area contributed by atoms with Crippen molar-refractivity contribution in [2.75, 3.05) is 16.8 Å². The van der Waals surface area contributed by atoms with Crippen LogP contribution in [0.3, 0.4) is 0 Å². The number of rotatable bonds is 7. The minimum Gasteiger partial charge on any atom is -0.320 e. The van der Waals surface area contributed by atoms with Gasteiger partial charge in [-0.25, -0.2) is 13.8 Å². The first-order chi connectivity index (χ1) is 19.4. The molecule has 1 unspecified atom stereocenters. The minimum absolute atomic E-state index is 0.0489. The topological polar surface area (TPSA) is 62.3 Å². The molecule has 0 spiro atoms. The number of nitrogens with zero attached hydrogens (tertiary/aromatic N) is 2. The molecule has 1 aromatic heterocycles. The zero-order valence-electron chi connectivity index (χ0n) is 21.3. The van der Waals surface area contributed by atoms with Crippen molar-refractivity contribution >= 4 is 50.7 Å². The summed E-state index contributed by atoms with van der Waals surface area (Å²) >= 11 is 8.45. The van der Waals surface area contributed by atoms with Crippen molar-refractivity contribution in [1.29, 1.82) is 0 Å². The summed E-state index contributed by atoms with van der Waals surface area (Å²) < 4.78 is 111. The summed E-state index contributed by atoms with van der Waals surface area (Å²) in [5.74, 6) is -3.26. The van der Waals surface area contributed by atoms with E-state index in [9.17, 15) is 40.3 Å². The maximum atomic E-state index is 15.8. The molecule has 1 aliphatic rings. The number of hydrogen-bond donors (Lipinski definition) is 1. The van der Waals surface area contributed by atoms with Crippen LogP contribution in [0.5, 0.6) is 0 Å². The second-order valence-electron chi connectivity index (χ2n) is 9.70. The van der Waals surface area contributed by atoms with Gasteiger partial charge in [-0.15, -0.1) is 0 Å². The van der Waals surface area contributed by atoms with E-state index in [4.69, 9.17) is 11.6 Å². The summed E-state index contributed by atoms with van der Waals surface area (Å²) in [5.41, 5.74) is -9.42. The molecule has 1 fully saturated rings. The van der Waals surface area contributed by atoms with E-state index in [1.165, 1.54) is 30.5 Å². The molecule has 15 heteroatoms. The van der Waals surface area contributed by atoms with E-state index >= 15 is 4.39 Å². The van der Waals surface area contributed by atoms with Gasteiger partial charge in [-0.2, -0.15) is 26.3 Å². The van der Waals surface area contributed by atoms with Crippen LogP contribution in [0.15, 0.2) is 53.1 Å². The van der Waals surface area contributed by atoms with Gasteiger partial charge in [0.1, 0.15) is 5.15 Å². The summed E-state index contributed by atoms with van der Waals surface area (Å²) in [7, 11) is 0. The maximum Gasteiger partial charge on any atom is 0.426 e. The first-order valence-corrected chi connectivity index (χ1v) is 13.3. The Morgan fingerprint density at radius 3 is 2.29 bits per heavy atom. The minimum atomic E-state index is -5.55. The van der Waals surface area contributed by atoms with Crippen LogP contribution in [0.4, 0.5) is 46.5 Å². The van der Waals surface area contributed by atoms with Crippen LogP contribution in [0.2, 0.25) is 5.15 Å². The molecule has 2 aromatic carbocycles. The van der Waals surface area contributed by atoms with Gasteiger partial charge in [0, 0.05) is 17.2 Å². The molecule has 0 saturated heterocycles. The van der Waals surface area contributed by atoms with Gasteiger partial charge in [-0.1, -0.05) is 17.7 Å². The average molecular weight is 685 g/mol. The van der Waals surface area contributed by atoms with E-state index in [2.05, 4.69) is 20.9 Å². The zero-order chi connectivity index (χ0) is 31.2. The lowest BCUT2D eigenvalue weighted by molar-refractivity contribution is -0.228. The van der Waals surface area contributed by atoms with Crippen molar-refractivity contribution in [2.24, 2.45) is 5.92 Å². The van der Waals surface area contributed by atoms with Gasteiger partial charge >= 0.3 is 12.4 Å². The Labute approximate surface area is 247 Å². The Hall–Kier alpha value is -3.26. The fourth-order valence-electron chi connectivity index (χ4n) is 3.98. The van der Waals surface area contributed by atoms with Crippen LogP contribution < -0.4 is 10.2 Å². The second kappa shape index (κ2) is 11.4. The van der Waals surface area contributed by atoms with Crippen molar-refractivity contribution in [3.8, 4) is 0 Å². The first-order valence-electron chi connectivity index (χ1n) is 12.1. The average Bonchev–Trinajstić information content (AvgIpc) is 3.71. The molecule has 3 aromatic rings. The van der Waals surface area contributed by atoms with Gasteiger partial charge < -0.3 is 10.2 Å². The zero-order valence-corrected chi connectivity index (χ0v) is 23.6. The van der Waals surface area contributed by atoms with Crippen molar-refractivity contribution < 1.29 is 44.7 Å². The number of carbonyl (C=O) groups is 2. The number of benzene rings is 2. The highest BCUT2D eigenvalue weighted by atomic mass is 79.9. The van der Waals surface area contributed by atoms with Gasteiger partial charge in [0.25, 0.3) is 11.8 Å². The van der Waals surface area contributed by atoms with Gasteiger partial charge in [-0.3, -0.25) is 9.59 Å². The lowest BCUT2D eigenvalue weighted by Gasteiger charge is -2.26. The molecular weight excluding hydrogens is 666 g/mol. The molecule has 0 radical (unpaired) electrons. The quantitative estimate of drug-likeness (QED) is 0.200. The highest BCUT2D eigenvalue weighted by Gasteiger charge is 2.54. The highest BCUT2D eigenvalue weighted by Crippen LogP contribution is 2.47. The van der Waals surface area contributed by atoms with Crippen LogP contribution in [-0.2, 0) is 11.8 Å². The van der Waals surface area contributed by atoms with Gasteiger partial charge in [0.2, 0.25) is 5.67 Å². The molecule has 1 N–H and O–H groups in total. The number of anilines is 2. The molecule has 4 rings (SSSR count). The van der Waals surface area contributed by atoms with E-state index in [0.717, 1.165) is 23.8 Å². The summed E-state index contributed by atoms with van der Waals surface area (Å²) in [4.78, 5) is 31.3. The lowest BCUT2D eigenvalue weighted by Crippen LogP contribution is -2.35. The van der Waals surface area contributed by atoms with Gasteiger partial charge in [0.05, 0.1) is 28.1 Å². The normalized spacial score (nSPS) is 15.2. The van der Waals surface area contributed by atoms with E-state index in [1.807, 2.05) is 5.32 Å². The van der Waals surface area contributed by atoms with E-state index in [0.29, 0.717) is 6.07 Å². The standard InChI is InChI=1S/C27H19BrClF8N3O2/c1-25(31,27(35,36)37)15-9-17(26(32,33)34)22(18(28)10-15)39-23(41)16-3-2-4-19(21(16)30)40(12-13-5-6-13)24(42)14-7-8-20(29)38-11-14/h2-4,7-11,13H,5-6,12H2,1H3,(H,39,41). The highest BCUT2D eigenvalue weighted by molar-refractivity contribution is 9.10. The number of alkyl halides is 7. The molecule has 1 saturated carbocycles. The largest absolute Gasteiger partial charge is 0.426 e. The molecule has 0 aliphatic heterocycles. The first kappa shape index (κ1) is 31.7. The maximum absolute atomic E-state index is 15.8. The van der Waals surface area contributed by atoms with Gasteiger partial charge in [0.15, 0.2) is 5.82 Å². The molecule has 0 bridgehead atoms. The summed E-state index contributed by atoms with van der Waals surface area (Å²) in [6.07, 6.45) is -8.18. The SMILES string of the molecule is CC(F)(c1cc(Br)c(NC(=O)c2cccc(N(CC3CC3)C(=O)c3ccc(Cl)nc3)c2F)c(C(F)(F)F)c1)C(F)(F)F. The fraction of sp³-hybridized carbons (Fsp3) is 0.296.